The minimum absolute atomic E-state index is 0.399. The molecule has 1 unspecified atom stereocenters. The molecule has 0 aliphatic carbocycles. The van der Waals surface area contributed by atoms with Gasteiger partial charge in [0.05, 0.1) is 0 Å². The third-order valence-corrected chi connectivity index (χ3v) is 4.53. The highest BCUT2D eigenvalue weighted by Crippen LogP contribution is 2.24. The molecule has 0 radical (unpaired) electrons. The Labute approximate surface area is 126 Å². The van der Waals surface area contributed by atoms with Gasteiger partial charge in [-0.1, -0.05) is 55.8 Å². The molecule has 0 aliphatic heterocycles. The number of rotatable bonds is 7. The Morgan fingerprint density at radius 1 is 1.00 bits per heavy atom. The zero-order valence-corrected chi connectivity index (χ0v) is 13.1. The molecule has 2 aromatic rings. The first-order chi connectivity index (χ1) is 9.83. The molecule has 2 heteroatoms. The fourth-order valence-electron chi connectivity index (χ4n) is 2.25. The van der Waals surface area contributed by atoms with Crippen molar-refractivity contribution in [3.8, 4) is 0 Å². The lowest BCUT2D eigenvalue weighted by Crippen LogP contribution is -2.18. The average Bonchev–Trinajstić information content (AvgIpc) is 2.51. The smallest absolute Gasteiger partial charge is 0.0412 e. The minimum atomic E-state index is 0.399. The van der Waals surface area contributed by atoms with Gasteiger partial charge in [-0.25, -0.2) is 0 Å². The van der Waals surface area contributed by atoms with Gasteiger partial charge < -0.3 is 5.32 Å². The summed E-state index contributed by atoms with van der Waals surface area (Å²) >= 11 is 1.90. The van der Waals surface area contributed by atoms with Gasteiger partial charge in [0, 0.05) is 16.7 Å². The fraction of sp³-hybridized carbons (Fsp3) is 0.333. The first-order valence-corrected chi connectivity index (χ1v) is 8.26. The van der Waals surface area contributed by atoms with Gasteiger partial charge in [-0.3, -0.25) is 0 Å². The molecule has 0 heterocycles. The zero-order chi connectivity index (χ0) is 14.2. The SMILES string of the molecule is CCCc1ccc(C(CSc2ccccc2)NC)cc1. The number of benzene rings is 2. The molecule has 2 aromatic carbocycles. The Kier molecular flexibility index (Phi) is 6.16. The molecule has 0 saturated carbocycles. The molecule has 0 spiro atoms. The standard InChI is InChI=1S/C18H23NS/c1-3-7-15-10-12-16(13-11-15)18(19-2)14-20-17-8-5-4-6-9-17/h4-6,8-13,18-19H,3,7,14H2,1-2H3. The molecule has 0 saturated heterocycles. The predicted octanol–water partition coefficient (Wildman–Crippen LogP) is 4.69. The monoisotopic (exact) mass is 285 g/mol. The lowest BCUT2D eigenvalue weighted by molar-refractivity contribution is 0.661. The van der Waals surface area contributed by atoms with E-state index in [0.717, 1.165) is 5.75 Å². The van der Waals surface area contributed by atoms with Crippen LogP contribution in [0.4, 0.5) is 0 Å². The summed E-state index contributed by atoms with van der Waals surface area (Å²) in [7, 11) is 2.04. The number of thioether (sulfide) groups is 1. The lowest BCUT2D eigenvalue weighted by Gasteiger charge is -2.16. The molecule has 20 heavy (non-hydrogen) atoms. The fourth-order valence-corrected chi connectivity index (χ4v) is 3.32. The summed E-state index contributed by atoms with van der Waals surface area (Å²) in [5.41, 5.74) is 2.80. The molecule has 1 nitrogen and oxygen atoms in total. The van der Waals surface area contributed by atoms with Gasteiger partial charge >= 0.3 is 0 Å². The summed E-state index contributed by atoms with van der Waals surface area (Å²) in [6.45, 7) is 2.22. The maximum atomic E-state index is 3.42. The first-order valence-electron chi connectivity index (χ1n) is 7.27. The van der Waals surface area contributed by atoms with E-state index in [1.807, 2.05) is 18.8 Å². The Bertz CT molecular complexity index is 493. The lowest BCUT2D eigenvalue weighted by atomic mass is 10.0. The molecule has 0 aromatic heterocycles. The molecular formula is C18H23NS. The van der Waals surface area contributed by atoms with Crippen molar-refractivity contribution in [1.82, 2.24) is 5.32 Å². The summed E-state index contributed by atoms with van der Waals surface area (Å²) in [4.78, 5) is 1.33. The zero-order valence-electron chi connectivity index (χ0n) is 12.3. The minimum Gasteiger partial charge on any atom is -0.312 e. The van der Waals surface area contributed by atoms with Gasteiger partial charge in [-0.05, 0) is 36.7 Å². The van der Waals surface area contributed by atoms with Crippen molar-refractivity contribution in [2.24, 2.45) is 0 Å². The molecule has 1 N–H and O–H groups in total. The van der Waals surface area contributed by atoms with Crippen molar-refractivity contribution in [3.05, 3.63) is 65.7 Å². The van der Waals surface area contributed by atoms with E-state index in [1.165, 1.54) is 28.9 Å². The highest BCUT2D eigenvalue weighted by molar-refractivity contribution is 7.99. The predicted molar refractivity (Wildman–Crippen MR) is 89.4 cm³/mol. The number of hydrogen-bond acceptors (Lipinski definition) is 2. The van der Waals surface area contributed by atoms with Crippen LogP contribution in [-0.4, -0.2) is 12.8 Å². The van der Waals surface area contributed by atoms with Gasteiger partial charge in [0.2, 0.25) is 0 Å². The van der Waals surface area contributed by atoms with Gasteiger partial charge in [0.15, 0.2) is 0 Å². The Morgan fingerprint density at radius 3 is 2.30 bits per heavy atom. The topological polar surface area (TPSA) is 12.0 Å². The Morgan fingerprint density at radius 2 is 1.70 bits per heavy atom. The third kappa shape index (κ3) is 4.39. The molecule has 106 valence electrons. The van der Waals surface area contributed by atoms with E-state index in [0.29, 0.717) is 6.04 Å². The van der Waals surface area contributed by atoms with E-state index < -0.39 is 0 Å². The van der Waals surface area contributed by atoms with Crippen LogP contribution in [0.2, 0.25) is 0 Å². The van der Waals surface area contributed by atoms with Gasteiger partial charge in [-0.15, -0.1) is 11.8 Å². The average molecular weight is 285 g/mol. The van der Waals surface area contributed by atoms with Crippen LogP contribution in [0.15, 0.2) is 59.5 Å². The van der Waals surface area contributed by atoms with Gasteiger partial charge in [-0.2, -0.15) is 0 Å². The van der Waals surface area contributed by atoms with Crippen molar-refractivity contribution < 1.29 is 0 Å². The van der Waals surface area contributed by atoms with Crippen molar-refractivity contribution in [2.45, 2.75) is 30.7 Å². The van der Waals surface area contributed by atoms with Crippen LogP contribution in [0.25, 0.3) is 0 Å². The van der Waals surface area contributed by atoms with Crippen molar-refractivity contribution in [1.29, 1.82) is 0 Å². The molecule has 1 atom stereocenters. The van der Waals surface area contributed by atoms with Crippen LogP contribution < -0.4 is 5.32 Å². The summed E-state index contributed by atoms with van der Waals surface area (Å²) in [6, 6.07) is 20.0. The first kappa shape index (κ1) is 15.1. The normalized spacial score (nSPS) is 12.3. The van der Waals surface area contributed by atoms with E-state index in [9.17, 15) is 0 Å². The van der Waals surface area contributed by atoms with E-state index in [1.54, 1.807) is 0 Å². The summed E-state index contributed by atoms with van der Waals surface area (Å²) in [5, 5.41) is 3.42. The van der Waals surface area contributed by atoms with E-state index in [2.05, 4.69) is 66.8 Å². The van der Waals surface area contributed by atoms with Crippen LogP contribution in [0.3, 0.4) is 0 Å². The largest absolute Gasteiger partial charge is 0.312 e. The maximum Gasteiger partial charge on any atom is 0.0412 e. The summed E-state index contributed by atoms with van der Waals surface area (Å²) < 4.78 is 0. The van der Waals surface area contributed by atoms with Gasteiger partial charge in [0.25, 0.3) is 0 Å². The van der Waals surface area contributed by atoms with E-state index in [-0.39, 0.29) is 0 Å². The second-order valence-electron chi connectivity index (χ2n) is 4.96. The Balaban J connectivity index is 1.97. The van der Waals surface area contributed by atoms with E-state index >= 15 is 0 Å². The molecule has 0 aliphatic rings. The summed E-state index contributed by atoms with van der Waals surface area (Å²) in [5.74, 6) is 1.05. The maximum absolute atomic E-state index is 3.42. The van der Waals surface area contributed by atoms with Crippen molar-refractivity contribution in [3.63, 3.8) is 0 Å². The number of aryl methyl sites for hydroxylation is 1. The van der Waals surface area contributed by atoms with Crippen LogP contribution >= 0.6 is 11.8 Å². The Hall–Kier alpha value is -1.25. The van der Waals surface area contributed by atoms with Crippen molar-refractivity contribution >= 4 is 11.8 Å². The molecule has 2 rings (SSSR count). The number of nitrogens with one attached hydrogen (secondary N) is 1. The van der Waals surface area contributed by atoms with E-state index in [4.69, 9.17) is 0 Å². The molecule has 0 bridgehead atoms. The second-order valence-corrected chi connectivity index (χ2v) is 6.05. The highest BCUT2D eigenvalue weighted by Gasteiger charge is 2.09. The summed E-state index contributed by atoms with van der Waals surface area (Å²) in [6.07, 6.45) is 2.38. The molecule has 0 fully saturated rings. The van der Waals surface area contributed by atoms with Gasteiger partial charge in [0.1, 0.15) is 0 Å². The quantitative estimate of drug-likeness (QED) is 0.741. The molecule has 0 amide bonds. The highest BCUT2D eigenvalue weighted by atomic mass is 32.2. The van der Waals surface area contributed by atoms with Crippen LogP contribution in [0.1, 0.15) is 30.5 Å². The number of hydrogen-bond donors (Lipinski definition) is 1. The second kappa shape index (κ2) is 8.13. The van der Waals surface area contributed by atoms with Crippen LogP contribution in [-0.2, 0) is 6.42 Å². The van der Waals surface area contributed by atoms with Crippen molar-refractivity contribution in [2.75, 3.05) is 12.8 Å². The third-order valence-electron chi connectivity index (χ3n) is 3.43. The van der Waals surface area contributed by atoms with Crippen LogP contribution in [0, 0.1) is 0 Å². The molecular weight excluding hydrogens is 262 g/mol. The van der Waals surface area contributed by atoms with Crippen LogP contribution in [0.5, 0.6) is 0 Å².